The van der Waals surface area contributed by atoms with Crippen LogP contribution in [0.25, 0.3) is 27.2 Å². The van der Waals surface area contributed by atoms with Crippen LogP contribution in [-0.2, 0) is 0 Å². The van der Waals surface area contributed by atoms with Crippen LogP contribution < -0.4 is 20.8 Å². The third kappa shape index (κ3) is 8.37. The molecule has 1 aromatic heterocycles. The number of phenolic OH excluding ortho intramolecular Hbond substituents is 2. The molecule has 0 fully saturated rings. The number of benzene rings is 6. The zero-order valence-corrected chi connectivity index (χ0v) is 31.1. The highest BCUT2D eigenvalue weighted by atomic mass is 16.5. The highest BCUT2D eigenvalue weighted by molar-refractivity contribution is 5.98. The number of aromatic hydroxyl groups is 2. The van der Waals surface area contributed by atoms with E-state index in [9.17, 15) is 39.9 Å². The summed E-state index contributed by atoms with van der Waals surface area (Å²) in [5.74, 6) is -2.05. The van der Waals surface area contributed by atoms with Gasteiger partial charge in [0, 0.05) is 17.5 Å². The molecule has 1 heterocycles. The number of carbonyl (C=O) groups excluding carboxylic acids is 1. The lowest BCUT2D eigenvalue weighted by molar-refractivity contribution is 0.0696. The zero-order chi connectivity index (χ0) is 42.3. The van der Waals surface area contributed by atoms with Gasteiger partial charge in [0.15, 0.2) is 17.1 Å². The molecule has 0 aliphatic carbocycles. The molecule has 0 atom stereocenters. The Morgan fingerprint density at radius 3 is 1.95 bits per heavy atom. The number of hydrogen-bond donors (Lipinski definition) is 7. The van der Waals surface area contributed by atoms with Crippen molar-refractivity contribution in [3.05, 3.63) is 125 Å². The van der Waals surface area contributed by atoms with Crippen molar-refractivity contribution in [3.8, 4) is 28.7 Å². The van der Waals surface area contributed by atoms with Gasteiger partial charge in [-0.2, -0.15) is 5.11 Å². The van der Waals surface area contributed by atoms with Gasteiger partial charge in [0.1, 0.15) is 47.5 Å². The Hall–Kier alpha value is -8.29. The molecule has 0 spiro atoms. The molecule has 0 aliphatic heterocycles. The Labute approximate surface area is 337 Å². The lowest BCUT2D eigenvalue weighted by Gasteiger charge is -2.13. The number of nitrogens with one attached hydrogen (secondary N) is 1. The number of nitrogens with two attached hydrogens (primary N) is 1. The summed E-state index contributed by atoms with van der Waals surface area (Å²) in [5.41, 5.74) is 5.27. The normalized spacial score (nSPS) is 11.7. The maximum Gasteiger partial charge on any atom is 0.335 e. The zero-order valence-electron chi connectivity index (χ0n) is 31.1. The first-order chi connectivity index (χ1) is 29.1. The van der Waals surface area contributed by atoms with Crippen molar-refractivity contribution in [2.75, 3.05) is 26.4 Å². The van der Waals surface area contributed by atoms with Gasteiger partial charge in [-0.3, -0.25) is 14.7 Å². The summed E-state index contributed by atoms with van der Waals surface area (Å²) in [6.07, 6.45) is 0. The SMILES string of the molecule is NC(=O)c1[nH]n(-c2ccc(C(=O)O)cc2)c(=O)c1N=Nc1ccc2c(O)c(N=Nc3cc(OCCO)c(N=Nc4cccc5cccc(O)c45)cc3OCCO)ccc2c1. The number of phenols is 2. The summed E-state index contributed by atoms with van der Waals surface area (Å²) >= 11 is 0. The number of nitrogens with zero attached hydrogens (tertiary/aromatic N) is 7. The molecule has 0 unspecified atom stereocenters. The number of fused-ring (bicyclic) bond motifs is 2. The number of aromatic carboxylic acids is 1. The third-order valence-corrected chi connectivity index (χ3v) is 8.83. The standard InChI is InChI=1S/C41H33N9O10/c42-39(55)36-37(40(56)50(49-36)26-11-7-23(8-12-26)41(57)58)48-43-25-10-13-27-24(19-25)9-14-29(38(27)54)45-47-31-21-33(59-17-15-51)30(20-34(31)60-18-16-52)46-44-28-5-1-3-22-4-2-6-32(53)35(22)28/h1-14,19-21,49,51-54H,15-18H2,(H2,42,55)(H,57,58). The second-order valence-corrected chi connectivity index (χ2v) is 12.7. The third-order valence-electron chi connectivity index (χ3n) is 8.83. The van der Waals surface area contributed by atoms with E-state index in [1.807, 2.05) is 12.1 Å². The van der Waals surface area contributed by atoms with Crippen LogP contribution in [0.3, 0.4) is 0 Å². The van der Waals surface area contributed by atoms with Crippen molar-refractivity contribution in [1.29, 1.82) is 0 Å². The highest BCUT2D eigenvalue weighted by Crippen LogP contribution is 2.44. The summed E-state index contributed by atoms with van der Waals surface area (Å²) in [5, 5.41) is 80.0. The largest absolute Gasteiger partial charge is 0.507 e. The van der Waals surface area contributed by atoms with Gasteiger partial charge in [0.05, 0.1) is 41.2 Å². The molecule has 0 saturated carbocycles. The van der Waals surface area contributed by atoms with E-state index >= 15 is 0 Å². The van der Waals surface area contributed by atoms with Crippen LogP contribution in [0.15, 0.2) is 139 Å². The number of ether oxygens (including phenoxy) is 2. The van der Waals surface area contributed by atoms with Gasteiger partial charge in [-0.25, -0.2) is 9.48 Å². The Kier molecular flexibility index (Phi) is 11.6. The summed E-state index contributed by atoms with van der Waals surface area (Å²) in [7, 11) is 0. The first-order valence-corrected chi connectivity index (χ1v) is 17.9. The molecule has 0 radical (unpaired) electrons. The van der Waals surface area contributed by atoms with Crippen molar-refractivity contribution >= 4 is 67.5 Å². The van der Waals surface area contributed by atoms with E-state index in [2.05, 4.69) is 35.8 Å². The summed E-state index contributed by atoms with van der Waals surface area (Å²) in [4.78, 5) is 36.7. The fraction of sp³-hybridized carbons (Fsp3) is 0.0976. The van der Waals surface area contributed by atoms with Gasteiger partial charge < -0.3 is 40.7 Å². The fourth-order valence-electron chi connectivity index (χ4n) is 6.01. The topological polar surface area (TPSA) is 292 Å². The minimum absolute atomic E-state index is 0.00487. The van der Waals surface area contributed by atoms with Crippen molar-refractivity contribution in [2.45, 2.75) is 0 Å². The average molecular weight is 812 g/mol. The van der Waals surface area contributed by atoms with E-state index in [4.69, 9.17) is 15.2 Å². The Morgan fingerprint density at radius 1 is 0.683 bits per heavy atom. The first-order valence-electron chi connectivity index (χ1n) is 17.9. The van der Waals surface area contributed by atoms with Crippen molar-refractivity contribution in [3.63, 3.8) is 0 Å². The summed E-state index contributed by atoms with van der Waals surface area (Å²) in [6.45, 7) is -0.842. The van der Waals surface area contributed by atoms with Crippen LogP contribution in [0.5, 0.6) is 23.0 Å². The van der Waals surface area contributed by atoms with E-state index in [0.717, 1.165) is 10.1 Å². The van der Waals surface area contributed by atoms with E-state index in [-0.39, 0.29) is 94.8 Å². The molecule has 60 heavy (non-hydrogen) atoms. The molecular weight excluding hydrogens is 779 g/mol. The number of aromatic amines is 1. The minimum Gasteiger partial charge on any atom is -0.507 e. The van der Waals surface area contributed by atoms with E-state index in [1.165, 1.54) is 48.5 Å². The molecule has 0 aliphatic rings. The lowest BCUT2D eigenvalue weighted by Crippen LogP contribution is -2.14. The Morgan fingerprint density at radius 2 is 1.32 bits per heavy atom. The smallest absolute Gasteiger partial charge is 0.335 e. The van der Waals surface area contributed by atoms with E-state index in [1.54, 1.807) is 42.5 Å². The highest BCUT2D eigenvalue weighted by Gasteiger charge is 2.20. The number of primary amides is 1. The van der Waals surface area contributed by atoms with Crippen LogP contribution in [-0.4, -0.2) is 73.6 Å². The lowest BCUT2D eigenvalue weighted by atomic mass is 10.1. The molecule has 302 valence electrons. The summed E-state index contributed by atoms with van der Waals surface area (Å²) < 4.78 is 12.5. The number of carboxylic acid groups (broad SMARTS) is 1. The van der Waals surface area contributed by atoms with Gasteiger partial charge in [-0.05, 0) is 71.4 Å². The quantitative estimate of drug-likeness (QED) is 0.0496. The monoisotopic (exact) mass is 811 g/mol. The number of rotatable bonds is 15. The van der Waals surface area contributed by atoms with Crippen LogP contribution >= 0.6 is 0 Å². The van der Waals surface area contributed by atoms with Crippen molar-refractivity contribution < 1.29 is 44.6 Å². The maximum absolute atomic E-state index is 13.2. The molecule has 0 saturated heterocycles. The molecule has 7 aromatic rings. The molecule has 19 nitrogen and oxygen atoms in total. The number of hydrogen-bond acceptors (Lipinski definition) is 15. The number of carboxylic acids is 1. The van der Waals surface area contributed by atoms with E-state index in [0.29, 0.717) is 21.8 Å². The second-order valence-electron chi connectivity index (χ2n) is 12.7. The second kappa shape index (κ2) is 17.5. The molecule has 0 bridgehead atoms. The molecular formula is C41H33N9O10. The Bertz CT molecular complexity index is 2920. The molecule has 19 heteroatoms. The molecule has 1 amide bonds. The van der Waals surface area contributed by atoms with Crippen LogP contribution in [0.1, 0.15) is 20.8 Å². The number of aromatic nitrogens is 2. The van der Waals surface area contributed by atoms with E-state index < -0.39 is 17.4 Å². The Balaban J connectivity index is 1.18. The van der Waals surface area contributed by atoms with Crippen LogP contribution in [0.2, 0.25) is 0 Å². The van der Waals surface area contributed by atoms with Gasteiger partial charge in [0.25, 0.3) is 11.5 Å². The average Bonchev–Trinajstić information content (AvgIpc) is 3.59. The minimum atomic E-state index is -1.15. The van der Waals surface area contributed by atoms with Gasteiger partial charge in [-0.15, -0.1) is 25.6 Å². The predicted octanol–water partition coefficient (Wildman–Crippen LogP) is 7.67. The molecule has 8 N–H and O–H groups in total. The number of amides is 1. The van der Waals surface area contributed by atoms with Gasteiger partial charge in [0.2, 0.25) is 0 Å². The number of aliphatic hydroxyl groups excluding tert-OH is 2. The van der Waals surface area contributed by atoms with Crippen LogP contribution in [0.4, 0.5) is 34.1 Å². The predicted molar refractivity (Wildman–Crippen MR) is 217 cm³/mol. The number of H-pyrrole nitrogens is 1. The molecule has 7 rings (SSSR count). The number of aliphatic hydroxyl groups is 2. The van der Waals surface area contributed by atoms with Gasteiger partial charge >= 0.3 is 5.97 Å². The number of carbonyl (C=O) groups is 2. The summed E-state index contributed by atoms with van der Waals surface area (Å²) in [6, 6.07) is 26.3. The van der Waals surface area contributed by atoms with Crippen LogP contribution in [0, 0.1) is 0 Å². The number of azo groups is 3. The fourth-order valence-corrected chi connectivity index (χ4v) is 6.01. The molecule has 6 aromatic carbocycles. The van der Waals surface area contributed by atoms with Crippen molar-refractivity contribution in [1.82, 2.24) is 9.78 Å². The van der Waals surface area contributed by atoms with Gasteiger partial charge in [-0.1, -0.05) is 30.3 Å². The maximum atomic E-state index is 13.2. The van der Waals surface area contributed by atoms with Crippen molar-refractivity contribution in [2.24, 2.45) is 36.4 Å². The first kappa shape index (κ1) is 39.9.